The van der Waals surface area contributed by atoms with E-state index in [-0.39, 0.29) is 6.42 Å². The van der Waals surface area contributed by atoms with Crippen LogP contribution in [0.1, 0.15) is 30.9 Å². The Hall–Kier alpha value is -2.67. The molecule has 2 aromatic carbocycles. The third kappa shape index (κ3) is 6.86. The number of nitrogens with one attached hydrogen (secondary N) is 2. The number of nitrogens with zero attached hydrogens (tertiary/aromatic N) is 1. The van der Waals surface area contributed by atoms with Crippen molar-refractivity contribution in [3.05, 3.63) is 58.1 Å². The largest absolute Gasteiger partial charge is 0.493 e. The molecule has 0 atom stereocenters. The molecule has 142 valence electrons. The number of halogens is 1. The lowest BCUT2D eigenvalue weighted by atomic mass is 10.2. The summed E-state index contributed by atoms with van der Waals surface area (Å²) >= 11 is 3.40. The van der Waals surface area contributed by atoms with Gasteiger partial charge >= 0.3 is 0 Å². The number of amides is 2. The Bertz CT molecular complexity index is 837. The predicted molar refractivity (Wildman–Crippen MR) is 110 cm³/mol. The molecule has 0 spiro atoms. The molecule has 0 unspecified atom stereocenters. The molecule has 2 N–H and O–H groups in total. The van der Waals surface area contributed by atoms with E-state index in [1.165, 1.54) is 6.21 Å². The summed E-state index contributed by atoms with van der Waals surface area (Å²) in [6.07, 6.45) is 2.07. The van der Waals surface area contributed by atoms with Crippen molar-refractivity contribution in [2.45, 2.75) is 26.7 Å². The van der Waals surface area contributed by atoms with Crippen molar-refractivity contribution in [2.24, 2.45) is 5.10 Å². The van der Waals surface area contributed by atoms with E-state index in [9.17, 15) is 9.59 Å². The number of hydrogen-bond acceptors (Lipinski definition) is 4. The highest BCUT2D eigenvalue weighted by atomic mass is 79.9. The molecule has 0 aliphatic rings. The minimum atomic E-state index is -0.497. The van der Waals surface area contributed by atoms with Crippen LogP contribution in [0.4, 0.5) is 5.69 Å². The summed E-state index contributed by atoms with van der Waals surface area (Å²) in [5, 5.41) is 6.63. The summed E-state index contributed by atoms with van der Waals surface area (Å²) in [6, 6.07) is 12.9. The van der Waals surface area contributed by atoms with Crippen LogP contribution in [0.3, 0.4) is 0 Å². The fourth-order valence-electron chi connectivity index (χ4n) is 2.23. The van der Waals surface area contributed by atoms with Gasteiger partial charge < -0.3 is 10.1 Å². The lowest BCUT2D eigenvalue weighted by Crippen LogP contribution is -2.24. The highest BCUT2D eigenvalue weighted by Crippen LogP contribution is 2.22. The van der Waals surface area contributed by atoms with E-state index in [0.717, 1.165) is 22.0 Å². The van der Waals surface area contributed by atoms with Gasteiger partial charge in [-0.25, -0.2) is 5.43 Å². The minimum Gasteiger partial charge on any atom is -0.493 e. The Balaban J connectivity index is 1.90. The second-order valence-electron chi connectivity index (χ2n) is 5.86. The number of hydrazone groups is 1. The molecular weight excluding hydrogens is 410 g/mol. The molecule has 2 amide bonds. The first-order valence-electron chi connectivity index (χ1n) is 8.59. The molecular formula is C20H22BrN3O3. The van der Waals surface area contributed by atoms with Crippen LogP contribution in [0.2, 0.25) is 0 Å². The molecule has 0 saturated heterocycles. The first-order chi connectivity index (χ1) is 13.0. The third-order valence-corrected chi connectivity index (χ3v) is 4.06. The van der Waals surface area contributed by atoms with E-state index < -0.39 is 11.8 Å². The summed E-state index contributed by atoms with van der Waals surface area (Å²) < 4.78 is 6.52. The number of rotatable bonds is 8. The lowest BCUT2D eigenvalue weighted by Gasteiger charge is -2.08. The quantitative estimate of drug-likeness (QED) is 0.376. The van der Waals surface area contributed by atoms with Crippen LogP contribution >= 0.6 is 15.9 Å². The van der Waals surface area contributed by atoms with E-state index in [4.69, 9.17) is 4.74 Å². The Morgan fingerprint density at radius 2 is 1.96 bits per heavy atom. The number of benzene rings is 2. The summed E-state index contributed by atoms with van der Waals surface area (Å²) in [5.41, 5.74) is 4.70. The maximum absolute atomic E-state index is 12.0. The van der Waals surface area contributed by atoms with Gasteiger partial charge in [-0.1, -0.05) is 41.1 Å². The van der Waals surface area contributed by atoms with Gasteiger partial charge in [0.25, 0.3) is 0 Å². The standard InChI is InChI=1S/C20H22BrN3O3/c1-3-10-27-18-9-8-16(21)11-15(18)13-22-24-20(26)12-19(25)23-17-7-5-4-6-14(17)2/h4-9,11,13H,3,10,12H2,1-2H3,(H,23,25)(H,24,26). The zero-order valence-corrected chi connectivity index (χ0v) is 16.9. The van der Waals surface area contributed by atoms with Gasteiger partial charge in [0.05, 0.1) is 12.8 Å². The van der Waals surface area contributed by atoms with E-state index in [0.29, 0.717) is 18.0 Å². The maximum Gasteiger partial charge on any atom is 0.249 e. The highest BCUT2D eigenvalue weighted by molar-refractivity contribution is 9.10. The summed E-state index contributed by atoms with van der Waals surface area (Å²) in [4.78, 5) is 23.9. The van der Waals surface area contributed by atoms with Gasteiger partial charge in [0, 0.05) is 15.7 Å². The van der Waals surface area contributed by atoms with Crippen molar-refractivity contribution >= 4 is 39.6 Å². The maximum atomic E-state index is 12.0. The molecule has 0 aliphatic heterocycles. The predicted octanol–water partition coefficient (Wildman–Crippen LogP) is 4.03. The zero-order valence-electron chi connectivity index (χ0n) is 15.3. The van der Waals surface area contributed by atoms with Gasteiger partial charge in [0.15, 0.2) is 0 Å². The van der Waals surface area contributed by atoms with Crippen molar-refractivity contribution in [1.29, 1.82) is 0 Å². The van der Waals surface area contributed by atoms with Crippen LogP contribution in [-0.4, -0.2) is 24.6 Å². The number of ether oxygens (including phenoxy) is 1. The molecule has 2 aromatic rings. The van der Waals surface area contributed by atoms with Crippen LogP contribution in [0.25, 0.3) is 0 Å². The molecule has 0 radical (unpaired) electrons. The number of carbonyl (C=O) groups is 2. The van der Waals surface area contributed by atoms with Crippen LogP contribution in [0.15, 0.2) is 52.0 Å². The number of anilines is 1. The first-order valence-corrected chi connectivity index (χ1v) is 9.38. The van der Waals surface area contributed by atoms with Crippen LogP contribution in [-0.2, 0) is 9.59 Å². The van der Waals surface area contributed by atoms with Gasteiger partial charge in [-0.15, -0.1) is 0 Å². The average molecular weight is 432 g/mol. The number of para-hydroxylation sites is 1. The van der Waals surface area contributed by atoms with E-state index in [1.54, 1.807) is 6.07 Å². The van der Waals surface area contributed by atoms with Crippen molar-refractivity contribution in [2.75, 3.05) is 11.9 Å². The van der Waals surface area contributed by atoms with Gasteiger partial charge in [0.2, 0.25) is 11.8 Å². The first kappa shape index (κ1) is 20.6. The van der Waals surface area contributed by atoms with Crippen LogP contribution < -0.4 is 15.5 Å². The van der Waals surface area contributed by atoms with Gasteiger partial charge in [0.1, 0.15) is 12.2 Å². The second-order valence-corrected chi connectivity index (χ2v) is 6.78. The molecule has 7 heteroatoms. The van der Waals surface area contributed by atoms with Crippen LogP contribution in [0.5, 0.6) is 5.75 Å². The van der Waals surface area contributed by atoms with Crippen molar-refractivity contribution in [1.82, 2.24) is 5.43 Å². The smallest absolute Gasteiger partial charge is 0.249 e. The number of carbonyl (C=O) groups excluding carboxylic acids is 2. The summed E-state index contributed by atoms with van der Waals surface area (Å²) in [6.45, 7) is 4.50. The molecule has 6 nitrogen and oxygen atoms in total. The monoisotopic (exact) mass is 431 g/mol. The molecule has 0 aromatic heterocycles. The molecule has 0 bridgehead atoms. The van der Waals surface area contributed by atoms with Gasteiger partial charge in [-0.05, 0) is 43.2 Å². The second kappa shape index (κ2) is 10.5. The zero-order chi connectivity index (χ0) is 19.6. The van der Waals surface area contributed by atoms with Gasteiger partial charge in [-0.2, -0.15) is 5.10 Å². The average Bonchev–Trinajstić information content (AvgIpc) is 2.63. The SMILES string of the molecule is CCCOc1ccc(Br)cc1C=NNC(=O)CC(=O)Nc1ccccc1C. The number of aryl methyl sites for hydroxylation is 1. The Labute approximate surface area is 167 Å². The molecule has 0 saturated carbocycles. The fraction of sp³-hybridized carbons (Fsp3) is 0.250. The lowest BCUT2D eigenvalue weighted by molar-refractivity contribution is -0.126. The number of hydrogen-bond donors (Lipinski definition) is 2. The fourth-order valence-corrected chi connectivity index (χ4v) is 2.61. The Morgan fingerprint density at radius 3 is 2.70 bits per heavy atom. The van der Waals surface area contributed by atoms with Crippen molar-refractivity contribution in [3.63, 3.8) is 0 Å². The summed E-state index contributed by atoms with van der Waals surface area (Å²) in [5.74, 6) is -0.217. The van der Waals surface area contributed by atoms with E-state index in [2.05, 4.69) is 31.8 Å². The molecule has 0 heterocycles. The Kier molecular flexibility index (Phi) is 8.00. The third-order valence-electron chi connectivity index (χ3n) is 3.57. The molecule has 0 fully saturated rings. The van der Waals surface area contributed by atoms with E-state index in [1.807, 2.05) is 50.2 Å². The molecule has 27 heavy (non-hydrogen) atoms. The Morgan fingerprint density at radius 1 is 1.19 bits per heavy atom. The van der Waals surface area contributed by atoms with Crippen molar-refractivity contribution < 1.29 is 14.3 Å². The molecule has 2 rings (SSSR count). The van der Waals surface area contributed by atoms with Crippen LogP contribution in [0, 0.1) is 6.92 Å². The summed E-state index contributed by atoms with van der Waals surface area (Å²) in [7, 11) is 0. The van der Waals surface area contributed by atoms with Gasteiger partial charge in [-0.3, -0.25) is 9.59 Å². The minimum absolute atomic E-state index is 0.316. The highest BCUT2D eigenvalue weighted by Gasteiger charge is 2.10. The van der Waals surface area contributed by atoms with Crippen molar-refractivity contribution in [3.8, 4) is 5.75 Å². The topological polar surface area (TPSA) is 79.8 Å². The normalized spacial score (nSPS) is 10.6. The molecule has 0 aliphatic carbocycles. The van der Waals surface area contributed by atoms with E-state index >= 15 is 0 Å².